The Morgan fingerprint density at radius 1 is 0.857 bits per heavy atom. The van der Waals surface area contributed by atoms with Crippen LogP contribution in [-0.2, 0) is 0 Å². The molecule has 0 atom stereocenters. The van der Waals surface area contributed by atoms with E-state index in [0.29, 0.717) is 0 Å². The van der Waals surface area contributed by atoms with Crippen LogP contribution in [0.4, 0.5) is 0 Å². The first-order chi connectivity index (χ1) is 3.41. The van der Waals surface area contributed by atoms with Gasteiger partial charge in [-0.1, -0.05) is 0 Å². The van der Waals surface area contributed by atoms with E-state index >= 15 is 0 Å². The third-order valence-electron chi connectivity index (χ3n) is 0. The van der Waals surface area contributed by atoms with Gasteiger partial charge in [-0.05, 0) is 0 Å². The first-order valence-electron chi connectivity index (χ1n) is 1.15. The molecule has 0 rings (SSSR count). The summed E-state index contributed by atoms with van der Waals surface area (Å²) in [6, 6.07) is 0. The van der Waals surface area contributed by atoms with E-state index in [1.165, 1.54) is 0 Å². The van der Waals surface area contributed by atoms with Gasteiger partial charge in [-0.3, -0.25) is 0 Å². The summed E-state index contributed by atoms with van der Waals surface area (Å²) in [5, 5.41) is 11.3. The second kappa shape index (κ2) is 51.3. The summed E-state index contributed by atoms with van der Waals surface area (Å²) in [4.78, 5) is 0. The maximum atomic E-state index is 5.67. The summed E-state index contributed by atoms with van der Waals surface area (Å²) >= 11 is 7.92. The zero-order valence-corrected chi connectivity index (χ0v) is 8.43. The van der Waals surface area contributed by atoms with Crippen LogP contribution in [0.2, 0.25) is 0 Å². The second-order valence-corrected chi connectivity index (χ2v) is 1.50. The zero-order valence-electron chi connectivity index (χ0n) is 3.81. The van der Waals surface area contributed by atoms with Gasteiger partial charge in [-0.2, -0.15) is 0 Å². The Morgan fingerprint density at radius 3 is 0.857 bits per heavy atom. The van der Waals surface area contributed by atoms with E-state index in [1.807, 2.05) is 0 Å². The number of hydrogen-bond acceptors (Lipinski definition) is 0. The second-order valence-electron chi connectivity index (χ2n) is 0.167. The molecule has 0 heterocycles. The van der Waals surface area contributed by atoms with Crippen LogP contribution < -0.4 is 0 Å². The standard InChI is InChI=1S/3C.4Al/q;2*-1;;;;. The number of hydrogen-bond donors (Lipinski definition) is 0. The van der Waals surface area contributed by atoms with Crippen LogP contribution >= 0.6 is 0 Å². The van der Waals surface area contributed by atoms with E-state index in [9.17, 15) is 0 Å². The SMILES string of the molecule is [Al]=[C]=[Al].[C-]#[Al].[C-]#[Al]. The van der Waals surface area contributed by atoms with Crippen LogP contribution in [0, 0.1) is 10.4 Å². The van der Waals surface area contributed by atoms with Gasteiger partial charge in [0, 0.05) is 0 Å². The summed E-state index contributed by atoms with van der Waals surface area (Å²) in [6.45, 7) is 0. The quantitative estimate of drug-likeness (QED) is 0.282. The molecule has 7 heavy (non-hydrogen) atoms. The van der Waals surface area contributed by atoms with E-state index in [4.69, 9.17) is 10.4 Å². The van der Waals surface area contributed by atoms with E-state index < -0.39 is 0 Å². The molecule has 0 aromatic carbocycles. The Hall–Kier alpha value is 1.47. The molecule has 0 saturated carbocycles. The fourth-order valence-electron chi connectivity index (χ4n) is 0. The fraction of sp³-hybridized carbons (Fsp3) is 0. The van der Waals surface area contributed by atoms with Gasteiger partial charge in [0.2, 0.25) is 0 Å². The molecule has 0 bridgehead atoms. The Labute approximate surface area is 76.0 Å². The van der Waals surface area contributed by atoms with Crippen molar-refractivity contribution in [2.75, 3.05) is 0 Å². The molecular formula is C3Al4-2. The van der Waals surface area contributed by atoms with Crippen LogP contribution in [0.5, 0.6) is 0 Å². The first kappa shape index (κ1) is 15.8. The van der Waals surface area contributed by atoms with Crippen LogP contribution in [0.25, 0.3) is 0 Å². The molecule has 0 aliphatic rings. The average molecular weight is 144 g/mol. The molecule has 0 spiro atoms. The molecule has 26 valence electrons. The topological polar surface area (TPSA) is 0 Å². The Kier molecular flexibility index (Phi) is 116. The van der Waals surface area contributed by atoms with Crippen molar-refractivity contribution in [3.63, 3.8) is 0 Å². The van der Waals surface area contributed by atoms with Gasteiger partial charge in [0.05, 0.1) is 0 Å². The average Bonchev–Trinajstić information content (AvgIpc) is 1.78. The Balaban J connectivity index is -0.0000000360. The van der Waals surface area contributed by atoms with E-state index in [2.05, 4.69) is 35.0 Å². The summed E-state index contributed by atoms with van der Waals surface area (Å²) in [5.41, 5.74) is 0. The third-order valence-corrected chi connectivity index (χ3v) is 0. The van der Waals surface area contributed by atoms with Crippen molar-refractivity contribution in [2.45, 2.75) is 0 Å². The van der Waals surface area contributed by atoms with Gasteiger partial charge in [0.1, 0.15) is 0 Å². The predicted octanol–water partition coefficient (Wildman–Crippen LogP) is -1.64. The molecule has 0 amide bonds. The van der Waals surface area contributed by atoms with Crippen LogP contribution in [0.1, 0.15) is 0 Å². The zero-order chi connectivity index (χ0) is 6.71. The number of rotatable bonds is 0. The van der Waals surface area contributed by atoms with Gasteiger partial charge in [0.25, 0.3) is 0 Å². The summed E-state index contributed by atoms with van der Waals surface area (Å²) in [7, 11) is 0. The van der Waals surface area contributed by atoms with E-state index in [0.717, 1.165) is 0 Å². The molecule has 0 aromatic heterocycles. The molecule has 4 heteroatoms. The van der Waals surface area contributed by atoms with Crippen molar-refractivity contribution in [1.29, 1.82) is 0 Å². The summed E-state index contributed by atoms with van der Waals surface area (Å²) in [6.07, 6.45) is 0. The Morgan fingerprint density at radius 2 is 0.857 bits per heavy atom. The summed E-state index contributed by atoms with van der Waals surface area (Å²) < 4.78 is 2.58. The van der Waals surface area contributed by atoms with E-state index in [1.54, 1.807) is 31.3 Å². The molecule has 0 saturated heterocycles. The van der Waals surface area contributed by atoms with Crippen molar-refractivity contribution >= 4 is 66.4 Å². The molecule has 0 unspecified atom stereocenters. The van der Waals surface area contributed by atoms with Gasteiger partial charge in [0.15, 0.2) is 0 Å². The van der Waals surface area contributed by atoms with Crippen molar-refractivity contribution in [3.8, 4) is 0 Å². The molecule has 0 nitrogen and oxygen atoms in total. The molecule has 0 aromatic rings. The normalized spacial score (nSPS) is 2.29. The fourth-order valence-corrected chi connectivity index (χ4v) is 0. The third kappa shape index (κ3) is 103. The van der Waals surface area contributed by atoms with Gasteiger partial charge >= 0.3 is 76.8 Å². The van der Waals surface area contributed by atoms with Gasteiger partial charge in [-0.15, -0.1) is 0 Å². The van der Waals surface area contributed by atoms with Crippen molar-refractivity contribution in [2.24, 2.45) is 0 Å². The van der Waals surface area contributed by atoms with Crippen LogP contribution in [0.3, 0.4) is 0 Å². The van der Waals surface area contributed by atoms with Crippen LogP contribution in [0.15, 0.2) is 0 Å². The maximum absolute atomic E-state index is 5.67. The van der Waals surface area contributed by atoms with E-state index in [-0.39, 0.29) is 0 Å². The summed E-state index contributed by atoms with van der Waals surface area (Å²) in [5.74, 6) is 0. The monoisotopic (exact) mass is 144 g/mol. The minimum absolute atomic E-state index is 1.67. The Bertz CT molecular complexity index is 67.4. The predicted molar refractivity (Wildman–Crippen MR) is 34.5 cm³/mol. The molecule has 0 aliphatic carbocycles. The first-order valence-corrected chi connectivity index (χ1v) is 3.46. The molecule has 0 fully saturated rings. The van der Waals surface area contributed by atoms with Crippen molar-refractivity contribution in [1.82, 2.24) is 0 Å². The van der Waals surface area contributed by atoms with Crippen LogP contribution in [-0.4, -0.2) is 66.4 Å². The minimum atomic E-state index is 1.67. The molecular weight excluding hydrogens is 144 g/mol. The molecule has 0 aliphatic heterocycles. The van der Waals surface area contributed by atoms with Crippen molar-refractivity contribution < 1.29 is 0 Å². The van der Waals surface area contributed by atoms with Gasteiger partial charge in [-0.25, -0.2) is 0 Å². The molecule has 0 N–H and O–H groups in total. The van der Waals surface area contributed by atoms with Gasteiger partial charge < -0.3 is 0 Å². The molecule has 2 radical (unpaired) electrons. The van der Waals surface area contributed by atoms with Crippen molar-refractivity contribution in [3.05, 3.63) is 10.4 Å².